The van der Waals surface area contributed by atoms with E-state index in [0.29, 0.717) is 33.3 Å². The summed E-state index contributed by atoms with van der Waals surface area (Å²) in [6.45, 7) is 5.33. The number of nitrogens with zero attached hydrogens (tertiary/aromatic N) is 3. The minimum atomic E-state index is -3.80. The zero-order valence-electron chi connectivity index (χ0n) is 17.4. The van der Waals surface area contributed by atoms with Crippen molar-refractivity contribution in [3.05, 3.63) is 65.0 Å². The Morgan fingerprint density at radius 3 is 2.42 bits per heavy atom. The minimum Gasteiger partial charge on any atom is -0.298 e. The second-order valence-corrected chi connectivity index (χ2v) is 9.90. The predicted molar refractivity (Wildman–Crippen MR) is 122 cm³/mol. The average molecular weight is 456 g/mol. The number of hydrogen-bond donors (Lipinski definition) is 2. The normalized spacial score (nSPS) is 11.6. The van der Waals surface area contributed by atoms with Crippen molar-refractivity contribution in [2.45, 2.75) is 25.7 Å². The summed E-state index contributed by atoms with van der Waals surface area (Å²) < 4.78 is 30.7. The van der Waals surface area contributed by atoms with Gasteiger partial charge < -0.3 is 0 Å². The van der Waals surface area contributed by atoms with E-state index in [9.17, 15) is 13.2 Å². The third-order valence-electron chi connectivity index (χ3n) is 4.89. The zero-order chi connectivity index (χ0) is 22.3. The number of carbonyl (C=O) groups is 1. The van der Waals surface area contributed by atoms with Crippen LogP contribution < -0.4 is 10.0 Å². The summed E-state index contributed by atoms with van der Waals surface area (Å²) in [5, 5.41) is 7.42. The maximum atomic E-state index is 12.9. The van der Waals surface area contributed by atoms with Crippen molar-refractivity contribution < 1.29 is 13.2 Å². The molecule has 0 saturated carbocycles. The van der Waals surface area contributed by atoms with Crippen LogP contribution in [-0.4, -0.2) is 29.1 Å². The van der Waals surface area contributed by atoms with Gasteiger partial charge in [-0.2, -0.15) is 5.10 Å². The monoisotopic (exact) mass is 455 g/mol. The molecule has 31 heavy (non-hydrogen) atoms. The van der Waals surface area contributed by atoms with Gasteiger partial charge in [-0.1, -0.05) is 29.0 Å². The fraction of sp³-hybridized carbons (Fsp3) is 0.190. The van der Waals surface area contributed by atoms with Crippen molar-refractivity contribution in [1.82, 2.24) is 14.8 Å². The second-order valence-electron chi connectivity index (χ2n) is 7.25. The molecule has 0 aliphatic carbocycles. The van der Waals surface area contributed by atoms with Gasteiger partial charge in [0, 0.05) is 12.6 Å². The van der Waals surface area contributed by atoms with Crippen molar-refractivity contribution in [2.24, 2.45) is 7.05 Å². The molecule has 4 aromatic rings. The van der Waals surface area contributed by atoms with Gasteiger partial charge in [-0.3, -0.25) is 19.5 Å². The van der Waals surface area contributed by atoms with Crippen LogP contribution >= 0.6 is 11.3 Å². The van der Waals surface area contributed by atoms with E-state index in [2.05, 4.69) is 20.1 Å². The van der Waals surface area contributed by atoms with Crippen LogP contribution in [0.25, 0.3) is 10.2 Å². The molecular formula is C21H21N5O3S2. The van der Waals surface area contributed by atoms with Gasteiger partial charge >= 0.3 is 0 Å². The number of aryl methyl sites for hydroxylation is 3. The lowest BCUT2D eigenvalue weighted by Gasteiger charge is -2.08. The molecule has 8 nitrogen and oxygen atoms in total. The molecule has 0 aliphatic rings. The third kappa shape index (κ3) is 4.17. The van der Waals surface area contributed by atoms with E-state index in [-0.39, 0.29) is 10.8 Å². The van der Waals surface area contributed by atoms with E-state index in [1.54, 1.807) is 51.2 Å². The molecular weight excluding hydrogens is 434 g/mol. The Kier molecular flexibility index (Phi) is 5.28. The summed E-state index contributed by atoms with van der Waals surface area (Å²) in [5.41, 5.74) is 3.58. The van der Waals surface area contributed by atoms with Crippen LogP contribution in [0.5, 0.6) is 0 Å². The smallest absolute Gasteiger partial charge is 0.265 e. The molecule has 0 radical (unpaired) electrons. The fourth-order valence-electron chi connectivity index (χ4n) is 3.27. The molecule has 2 aromatic heterocycles. The molecule has 0 bridgehead atoms. The lowest BCUT2D eigenvalue weighted by atomic mass is 10.1. The summed E-state index contributed by atoms with van der Waals surface area (Å²) in [6, 6.07) is 12.3. The minimum absolute atomic E-state index is 0.166. The van der Waals surface area contributed by atoms with Gasteiger partial charge in [0.05, 0.1) is 27.3 Å². The van der Waals surface area contributed by atoms with E-state index in [1.807, 2.05) is 19.1 Å². The van der Waals surface area contributed by atoms with E-state index in [1.165, 1.54) is 16.0 Å². The maximum Gasteiger partial charge on any atom is 0.265 e. The molecule has 0 unspecified atom stereocenters. The number of hydrogen-bond acceptors (Lipinski definition) is 6. The average Bonchev–Trinajstić information content (AvgIpc) is 3.20. The van der Waals surface area contributed by atoms with Gasteiger partial charge in [-0.05, 0) is 51.1 Å². The van der Waals surface area contributed by atoms with E-state index < -0.39 is 10.0 Å². The SMILES string of the molecule is Cc1ccc(C(=O)Nc2nc3cc(NS(=O)(=O)c4c(C)nn(C)c4C)ccc3s2)cc1. The third-order valence-corrected chi connectivity index (χ3v) is 7.47. The molecule has 2 heterocycles. The first-order valence-electron chi connectivity index (χ1n) is 9.45. The number of nitrogens with one attached hydrogen (secondary N) is 2. The van der Waals surface area contributed by atoms with E-state index >= 15 is 0 Å². The Morgan fingerprint density at radius 1 is 1.06 bits per heavy atom. The number of rotatable bonds is 5. The maximum absolute atomic E-state index is 12.9. The number of aromatic nitrogens is 3. The Labute approximate surface area is 184 Å². The predicted octanol–water partition coefficient (Wildman–Crippen LogP) is 4.01. The highest BCUT2D eigenvalue weighted by molar-refractivity contribution is 7.92. The number of fused-ring (bicyclic) bond motifs is 1. The Balaban J connectivity index is 1.57. The van der Waals surface area contributed by atoms with Crippen molar-refractivity contribution in [3.63, 3.8) is 0 Å². The Bertz CT molecular complexity index is 1400. The van der Waals surface area contributed by atoms with Crippen LogP contribution in [0.4, 0.5) is 10.8 Å². The summed E-state index contributed by atoms with van der Waals surface area (Å²) in [5.74, 6) is -0.248. The van der Waals surface area contributed by atoms with E-state index in [0.717, 1.165) is 10.3 Å². The van der Waals surface area contributed by atoms with Gasteiger partial charge in [0.2, 0.25) is 0 Å². The summed E-state index contributed by atoms with van der Waals surface area (Å²) in [6.07, 6.45) is 0. The topological polar surface area (TPSA) is 106 Å². The number of benzene rings is 2. The van der Waals surface area contributed by atoms with Crippen LogP contribution in [0, 0.1) is 20.8 Å². The van der Waals surface area contributed by atoms with Crippen molar-refractivity contribution in [2.75, 3.05) is 10.0 Å². The standard InChI is InChI=1S/C21H21N5O3S2/c1-12-5-7-15(8-6-12)20(27)23-21-22-17-11-16(9-10-18(17)30-21)25-31(28,29)19-13(2)24-26(4)14(19)3/h5-11,25H,1-4H3,(H,22,23,27). The van der Waals surface area contributed by atoms with E-state index in [4.69, 9.17) is 0 Å². The lowest BCUT2D eigenvalue weighted by molar-refractivity contribution is 0.102. The van der Waals surface area contributed by atoms with Crippen molar-refractivity contribution >= 4 is 48.3 Å². The van der Waals surface area contributed by atoms with Crippen LogP contribution in [-0.2, 0) is 17.1 Å². The molecule has 0 saturated heterocycles. The number of carbonyl (C=O) groups excluding carboxylic acids is 1. The first-order chi connectivity index (χ1) is 14.6. The van der Waals surface area contributed by atoms with Crippen molar-refractivity contribution in [3.8, 4) is 0 Å². The van der Waals surface area contributed by atoms with Crippen LogP contribution in [0.2, 0.25) is 0 Å². The molecule has 0 spiro atoms. The first kappa shape index (κ1) is 21.0. The quantitative estimate of drug-likeness (QED) is 0.473. The van der Waals surface area contributed by atoms with Crippen molar-refractivity contribution in [1.29, 1.82) is 0 Å². The Hall–Kier alpha value is -3.24. The summed E-state index contributed by atoms with van der Waals surface area (Å²) >= 11 is 1.32. The molecule has 2 aromatic carbocycles. The fourth-order valence-corrected chi connectivity index (χ4v) is 5.60. The van der Waals surface area contributed by atoms with Gasteiger partial charge in [0.1, 0.15) is 4.90 Å². The molecule has 2 N–H and O–H groups in total. The number of thiazole rings is 1. The number of amides is 1. The number of sulfonamides is 1. The molecule has 0 aliphatic heterocycles. The molecule has 160 valence electrons. The van der Waals surface area contributed by atoms with Crippen LogP contribution in [0.15, 0.2) is 47.4 Å². The summed E-state index contributed by atoms with van der Waals surface area (Å²) in [4.78, 5) is 17.0. The first-order valence-corrected chi connectivity index (χ1v) is 11.8. The van der Waals surface area contributed by atoms with Gasteiger partial charge in [0.25, 0.3) is 15.9 Å². The highest BCUT2D eigenvalue weighted by atomic mass is 32.2. The summed E-state index contributed by atoms with van der Waals surface area (Å²) in [7, 11) is -2.10. The largest absolute Gasteiger partial charge is 0.298 e. The second kappa shape index (κ2) is 7.78. The molecule has 0 fully saturated rings. The van der Waals surface area contributed by atoms with Crippen LogP contribution in [0.1, 0.15) is 27.3 Å². The lowest BCUT2D eigenvalue weighted by Crippen LogP contribution is -2.14. The van der Waals surface area contributed by atoms with Gasteiger partial charge in [-0.15, -0.1) is 0 Å². The molecule has 4 rings (SSSR count). The molecule has 0 atom stereocenters. The van der Waals surface area contributed by atoms with Crippen LogP contribution in [0.3, 0.4) is 0 Å². The zero-order valence-corrected chi connectivity index (χ0v) is 19.1. The molecule has 10 heteroatoms. The number of anilines is 2. The Morgan fingerprint density at radius 2 is 1.77 bits per heavy atom. The highest BCUT2D eigenvalue weighted by Crippen LogP contribution is 2.30. The highest BCUT2D eigenvalue weighted by Gasteiger charge is 2.24. The molecule has 1 amide bonds. The van der Waals surface area contributed by atoms with Gasteiger partial charge in [0.15, 0.2) is 5.13 Å². The van der Waals surface area contributed by atoms with Gasteiger partial charge in [-0.25, -0.2) is 13.4 Å².